The van der Waals surface area contributed by atoms with Crippen LogP contribution in [-0.2, 0) is 10.0 Å². The molecule has 0 saturated heterocycles. The highest BCUT2D eigenvalue weighted by molar-refractivity contribution is 7.89. The number of primary sulfonamides is 1. The molecule has 26 heavy (non-hydrogen) atoms. The van der Waals surface area contributed by atoms with E-state index in [1.807, 2.05) is 0 Å². The number of rotatable bonds is 3. The Morgan fingerprint density at radius 2 is 1.77 bits per heavy atom. The van der Waals surface area contributed by atoms with Crippen LogP contribution < -0.4 is 10.6 Å². The van der Waals surface area contributed by atoms with Crippen molar-refractivity contribution < 1.29 is 12.8 Å². The predicted molar refractivity (Wildman–Crippen MR) is 100 cm³/mol. The van der Waals surface area contributed by atoms with E-state index in [2.05, 4.69) is 4.98 Å². The zero-order valence-electron chi connectivity index (χ0n) is 13.2. The van der Waals surface area contributed by atoms with Gasteiger partial charge in [0, 0.05) is 17.1 Å². The summed E-state index contributed by atoms with van der Waals surface area (Å²) in [6.07, 6.45) is 1.61. The highest BCUT2D eigenvalue weighted by atomic mass is 32.2. The molecule has 0 bridgehead atoms. The normalized spacial score (nSPS) is 11.7. The molecule has 0 aliphatic rings. The van der Waals surface area contributed by atoms with Crippen molar-refractivity contribution >= 4 is 32.3 Å². The molecule has 0 aliphatic heterocycles. The average molecular weight is 384 g/mol. The third-order valence-electron chi connectivity index (χ3n) is 3.89. The fraction of sp³-hybridized carbons (Fsp3) is 0. The molecule has 2 N–H and O–H groups in total. The first-order valence-corrected chi connectivity index (χ1v) is 9.97. The maximum atomic E-state index is 13.0. The molecule has 0 aliphatic carbocycles. The molecular weight excluding hydrogens is 372 g/mol. The van der Waals surface area contributed by atoms with Gasteiger partial charge in [0.15, 0.2) is 0 Å². The minimum absolute atomic E-state index is 0.0137. The van der Waals surface area contributed by atoms with Gasteiger partial charge in [0.2, 0.25) is 15.5 Å². The van der Waals surface area contributed by atoms with Crippen LogP contribution in [0.2, 0.25) is 0 Å². The molecule has 0 saturated carbocycles. The second-order valence-corrected chi connectivity index (χ2v) is 7.99. The largest absolute Gasteiger partial charge is 0.455 e. The molecule has 0 amide bonds. The zero-order valence-corrected chi connectivity index (χ0v) is 14.9. The van der Waals surface area contributed by atoms with Gasteiger partial charge in [-0.15, -0.1) is 11.3 Å². The predicted octanol–water partition coefficient (Wildman–Crippen LogP) is 3.23. The van der Waals surface area contributed by atoms with Crippen molar-refractivity contribution in [3.63, 3.8) is 0 Å². The van der Waals surface area contributed by atoms with Gasteiger partial charge in [-0.3, -0.25) is 4.79 Å². The maximum absolute atomic E-state index is 13.0. The quantitative estimate of drug-likeness (QED) is 0.584. The van der Waals surface area contributed by atoms with Gasteiger partial charge in [0.05, 0.1) is 10.3 Å². The summed E-state index contributed by atoms with van der Waals surface area (Å²) in [6.45, 7) is 0. The number of fused-ring (bicyclic) bond motifs is 1. The summed E-state index contributed by atoms with van der Waals surface area (Å²) in [5.74, 6) is 0.338. The lowest BCUT2D eigenvalue weighted by molar-refractivity contribution is 0.597. The Balaban J connectivity index is 2.03. The number of para-hydroxylation sites is 1. The molecule has 2 heterocycles. The van der Waals surface area contributed by atoms with E-state index in [-0.39, 0.29) is 10.3 Å². The van der Waals surface area contributed by atoms with Gasteiger partial charge < -0.3 is 4.42 Å². The third-order valence-corrected chi connectivity index (χ3v) is 5.61. The molecule has 4 aromatic rings. The molecule has 6 nitrogen and oxygen atoms in total. The Kier molecular flexibility index (Phi) is 3.95. The van der Waals surface area contributed by atoms with Crippen LogP contribution in [0.1, 0.15) is 0 Å². The molecule has 0 spiro atoms. The van der Waals surface area contributed by atoms with Crippen LogP contribution in [-0.4, -0.2) is 13.4 Å². The lowest BCUT2D eigenvalue weighted by atomic mass is 10.0. The fourth-order valence-corrected chi connectivity index (χ4v) is 3.87. The van der Waals surface area contributed by atoms with Crippen molar-refractivity contribution in [3.8, 4) is 21.9 Å². The standard InChI is InChI=1S/C18H12N2O4S2/c19-26(22,23)12-7-5-11(6-8-12)17-15(18-20-9-10-25-18)16(21)13-3-1-2-4-14(13)24-17/h1-10H,(H2,19,22,23). The molecule has 0 unspecified atom stereocenters. The van der Waals surface area contributed by atoms with Gasteiger partial charge in [0.25, 0.3) is 0 Å². The van der Waals surface area contributed by atoms with Crippen LogP contribution in [0.3, 0.4) is 0 Å². The van der Waals surface area contributed by atoms with Crippen LogP contribution in [0.15, 0.2) is 74.2 Å². The van der Waals surface area contributed by atoms with Crippen molar-refractivity contribution in [1.29, 1.82) is 0 Å². The van der Waals surface area contributed by atoms with Gasteiger partial charge in [-0.05, 0) is 36.4 Å². The summed E-state index contributed by atoms with van der Waals surface area (Å²) in [5, 5.41) is 7.91. The van der Waals surface area contributed by atoms with E-state index < -0.39 is 10.0 Å². The van der Waals surface area contributed by atoms with E-state index in [0.29, 0.717) is 32.9 Å². The summed E-state index contributed by atoms with van der Waals surface area (Å²) < 4.78 is 28.9. The lowest BCUT2D eigenvalue weighted by Crippen LogP contribution is -2.12. The Bertz CT molecular complexity index is 1260. The average Bonchev–Trinajstić information content (AvgIpc) is 3.15. The highest BCUT2D eigenvalue weighted by Crippen LogP contribution is 2.33. The Hall–Kier alpha value is -2.81. The van der Waals surface area contributed by atoms with E-state index in [4.69, 9.17) is 9.56 Å². The van der Waals surface area contributed by atoms with E-state index in [9.17, 15) is 13.2 Å². The molecule has 0 radical (unpaired) electrons. The number of nitrogens with two attached hydrogens (primary N) is 1. The lowest BCUT2D eigenvalue weighted by Gasteiger charge is -2.09. The van der Waals surface area contributed by atoms with Crippen LogP contribution in [0.5, 0.6) is 0 Å². The van der Waals surface area contributed by atoms with Crippen LogP contribution in [0.4, 0.5) is 0 Å². The number of sulfonamides is 1. The SMILES string of the molecule is NS(=O)(=O)c1ccc(-c2oc3ccccc3c(=O)c2-c2nccs2)cc1. The van der Waals surface area contributed by atoms with E-state index in [0.717, 1.165) is 0 Å². The van der Waals surface area contributed by atoms with E-state index in [1.165, 1.54) is 23.5 Å². The molecule has 8 heteroatoms. The van der Waals surface area contributed by atoms with Gasteiger partial charge in [-0.2, -0.15) is 0 Å². The topological polar surface area (TPSA) is 103 Å². The van der Waals surface area contributed by atoms with E-state index in [1.54, 1.807) is 48.0 Å². The number of hydrogen-bond donors (Lipinski definition) is 1. The second-order valence-electron chi connectivity index (χ2n) is 5.54. The number of benzene rings is 2. The minimum Gasteiger partial charge on any atom is -0.455 e. The molecule has 4 rings (SSSR count). The van der Waals surface area contributed by atoms with Crippen molar-refractivity contribution in [2.75, 3.05) is 0 Å². The van der Waals surface area contributed by atoms with Crippen LogP contribution in [0.25, 0.3) is 32.9 Å². The first-order chi connectivity index (χ1) is 12.4. The second kappa shape index (κ2) is 6.17. The molecule has 130 valence electrons. The number of aromatic nitrogens is 1. The molecular formula is C18H12N2O4S2. The minimum atomic E-state index is -3.80. The van der Waals surface area contributed by atoms with Crippen molar-refractivity contribution in [2.45, 2.75) is 4.90 Å². The van der Waals surface area contributed by atoms with Gasteiger partial charge >= 0.3 is 0 Å². The van der Waals surface area contributed by atoms with Crippen molar-refractivity contribution in [3.05, 3.63) is 70.3 Å². The number of nitrogens with zero attached hydrogens (tertiary/aromatic N) is 1. The Morgan fingerprint density at radius 1 is 1.04 bits per heavy atom. The Labute approximate surface area is 152 Å². The summed E-state index contributed by atoms with van der Waals surface area (Å²) in [6, 6.07) is 12.8. The summed E-state index contributed by atoms with van der Waals surface area (Å²) in [4.78, 5) is 17.3. The Morgan fingerprint density at radius 3 is 2.42 bits per heavy atom. The summed E-state index contributed by atoms with van der Waals surface area (Å²) >= 11 is 1.33. The first kappa shape index (κ1) is 16.6. The molecule has 0 fully saturated rings. The highest BCUT2D eigenvalue weighted by Gasteiger charge is 2.20. The first-order valence-electron chi connectivity index (χ1n) is 7.54. The molecule has 0 atom stereocenters. The molecule has 2 aromatic heterocycles. The van der Waals surface area contributed by atoms with Crippen LogP contribution >= 0.6 is 11.3 Å². The zero-order chi connectivity index (χ0) is 18.3. The van der Waals surface area contributed by atoms with Gasteiger partial charge in [-0.1, -0.05) is 12.1 Å². The number of hydrogen-bond acceptors (Lipinski definition) is 6. The van der Waals surface area contributed by atoms with E-state index >= 15 is 0 Å². The number of thiazole rings is 1. The fourth-order valence-electron chi connectivity index (χ4n) is 2.68. The summed E-state index contributed by atoms with van der Waals surface area (Å²) in [5.41, 5.74) is 1.17. The third kappa shape index (κ3) is 2.84. The van der Waals surface area contributed by atoms with Gasteiger partial charge in [0.1, 0.15) is 21.9 Å². The van der Waals surface area contributed by atoms with Crippen LogP contribution in [0, 0.1) is 0 Å². The van der Waals surface area contributed by atoms with Crippen molar-refractivity contribution in [2.24, 2.45) is 5.14 Å². The van der Waals surface area contributed by atoms with Gasteiger partial charge in [-0.25, -0.2) is 18.5 Å². The summed E-state index contributed by atoms with van der Waals surface area (Å²) in [7, 11) is -3.80. The molecule has 2 aromatic carbocycles. The maximum Gasteiger partial charge on any atom is 0.238 e. The monoisotopic (exact) mass is 384 g/mol. The smallest absolute Gasteiger partial charge is 0.238 e. The van der Waals surface area contributed by atoms with Crippen molar-refractivity contribution in [1.82, 2.24) is 4.98 Å².